The van der Waals surface area contributed by atoms with Crippen LogP contribution >= 0.6 is 0 Å². The lowest BCUT2D eigenvalue weighted by Gasteiger charge is -2.37. The Bertz CT molecular complexity index is 1200. The van der Waals surface area contributed by atoms with Crippen molar-refractivity contribution in [2.75, 3.05) is 26.2 Å². The third kappa shape index (κ3) is 5.12. The van der Waals surface area contributed by atoms with Gasteiger partial charge in [0.05, 0.1) is 17.8 Å². The lowest BCUT2D eigenvalue weighted by Crippen LogP contribution is -2.44. The Hall–Kier alpha value is -3.52. The molecule has 1 saturated heterocycles. The minimum absolute atomic E-state index is 0.0467. The van der Waals surface area contributed by atoms with Crippen LogP contribution < -0.4 is 0 Å². The first-order valence-electron chi connectivity index (χ1n) is 12.3. The maximum Gasteiger partial charge on any atom is 0.335 e. The Labute approximate surface area is 205 Å². The van der Waals surface area contributed by atoms with Gasteiger partial charge in [0.15, 0.2) is 0 Å². The molecule has 0 radical (unpaired) electrons. The van der Waals surface area contributed by atoms with Crippen molar-refractivity contribution < 1.29 is 14.7 Å². The molecule has 1 N–H and O–H groups in total. The van der Waals surface area contributed by atoms with Crippen molar-refractivity contribution in [3.8, 4) is 11.3 Å². The number of hydrogen-bond donors (Lipinski definition) is 1. The maximum absolute atomic E-state index is 13.2. The van der Waals surface area contributed by atoms with Crippen LogP contribution in [0.2, 0.25) is 0 Å². The van der Waals surface area contributed by atoms with Crippen molar-refractivity contribution in [2.45, 2.75) is 38.8 Å². The van der Waals surface area contributed by atoms with E-state index in [-0.39, 0.29) is 23.4 Å². The van der Waals surface area contributed by atoms with E-state index in [4.69, 9.17) is 5.11 Å². The largest absolute Gasteiger partial charge is 0.478 e. The van der Waals surface area contributed by atoms with Crippen LogP contribution in [0.3, 0.4) is 0 Å². The van der Waals surface area contributed by atoms with E-state index in [0.29, 0.717) is 5.69 Å². The highest BCUT2D eigenvalue weighted by Gasteiger charge is 2.38. The summed E-state index contributed by atoms with van der Waals surface area (Å²) in [5.41, 5.74) is 4.46. The molecule has 2 aromatic carbocycles. The van der Waals surface area contributed by atoms with Gasteiger partial charge in [-0.05, 0) is 49.4 Å². The number of rotatable bonds is 6. The number of carboxylic acid groups (broad SMARTS) is 1. The molecule has 0 unspecified atom stereocenters. The zero-order valence-corrected chi connectivity index (χ0v) is 20.0. The van der Waals surface area contributed by atoms with E-state index in [0.717, 1.165) is 57.5 Å². The molecule has 1 aromatic heterocycles. The monoisotopic (exact) mass is 473 g/mol. The number of amides is 1. The molecule has 1 aliphatic carbocycles. The molecule has 182 valence electrons. The van der Waals surface area contributed by atoms with E-state index in [1.54, 1.807) is 24.3 Å². The number of aryl methyl sites for hydroxylation is 1. The quantitative estimate of drug-likeness (QED) is 0.588. The zero-order chi connectivity index (χ0) is 24.4. The summed E-state index contributed by atoms with van der Waals surface area (Å²) in [5, 5.41) is 17.6. The standard InChI is InChI=1S/C27H31N5O3/c1-19-5-2-3-6-22(19)17-30-11-4-12-31(14-13-30)26(33)23-15-24(16-23)32-18-25(28-29-32)20-7-9-21(10-8-20)27(34)35/h2-3,5-10,18,23-24H,4,11-17H2,1H3,(H,34,35). The molecule has 5 rings (SSSR count). The maximum atomic E-state index is 13.2. The van der Waals surface area contributed by atoms with Crippen LogP contribution in [0.15, 0.2) is 54.7 Å². The number of carbonyl (C=O) groups is 2. The molecule has 0 bridgehead atoms. The zero-order valence-electron chi connectivity index (χ0n) is 20.0. The first-order valence-corrected chi connectivity index (χ1v) is 12.3. The molecule has 2 aliphatic rings. The van der Waals surface area contributed by atoms with Crippen molar-refractivity contribution >= 4 is 11.9 Å². The fourth-order valence-electron chi connectivity index (χ4n) is 5.01. The summed E-state index contributed by atoms with van der Waals surface area (Å²) in [4.78, 5) is 28.7. The first-order chi connectivity index (χ1) is 17.0. The summed E-state index contributed by atoms with van der Waals surface area (Å²) in [6, 6.07) is 15.3. The highest BCUT2D eigenvalue weighted by molar-refractivity contribution is 5.88. The minimum Gasteiger partial charge on any atom is -0.478 e. The lowest BCUT2D eigenvalue weighted by atomic mass is 9.79. The topological polar surface area (TPSA) is 91.6 Å². The van der Waals surface area contributed by atoms with Gasteiger partial charge >= 0.3 is 5.97 Å². The Morgan fingerprint density at radius 1 is 1.00 bits per heavy atom. The molecular formula is C27H31N5O3. The molecule has 0 spiro atoms. The van der Waals surface area contributed by atoms with Crippen LogP contribution in [0.1, 0.15) is 46.8 Å². The van der Waals surface area contributed by atoms with Crippen LogP contribution in [0.5, 0.6) is 0 Å². The van der Waals surface area contributed by atoms with Crippen molar-refractivity contribution in [3.05, 3.63) is 71.4 Å². The van der Waals surface area contributed by atoms with Crippen LogP contribution in [0.25, 0.3) is 11.3 Å². The Kier molecular flexibility index (Phi) is 6.63. The van der Waals surface area contributed by atoms with Crippen molar-refractivity contribution in [2.24, 2.45) is 5.92 Å². The van der Waals surface area contributed by atoms with Gasteiger partial charge in [-0.1, -0.05) is 41.6 Å². The van der Waals surface area contributed by atoms with E-state index in [1.807, 2.05) is 10.9 Å². The third-order valence-corrected chi connectivity index (χ3v) is 7.33. The van der Waals surface area contributed by atoms with E-state index in [1.165, 1.54) is 11.1 Å². The number of nitrogens with zero attached hydrogens (tertiary/aromatic N) is 5. The second kappa shape index (κ2) is 10.00. The summed E-state index contributed by atoms with van der Waals surface area (Å²) in [6.45, 7) is 6.62. The normalized spacial score (nSPS) is 20.8. The Morgan fingerprint density at radius 2 is 1.77 bits per heavy atom. The number of benzene rings is 2. The number of aromatic carboxylic acids is 1. The van der Waals surface area contributed by atoms with Gasteiger partial charge in [0.1, 0.15) is 5.69 Å². The van der Waals surface area contributed by atoms with Crippen molar-refractivity contribution in [1.29, 1.82) is 0 Å². The molecule has 2 heterocycles. The smallest absolute Gasteiger partial charge is 0.335 e. The molecule has 0 atom stereocenters. The molecule has 35 heavy (non-hydrogen) atoms. The highest BCUT2D eigenvalue weighted by atomic mass is 16.4. The van der Waals surface area contributed by atoms with Gasteiger partial charge in [-0.3, -0.25) is 9.69 Å². The summed E-state index contributed by atoms with van der Waals surface area (Å²) < 4.78 is 1.84. The van der Waals surface area contributed by atoms with Gasteiger partial charge in [0.25, 0.3) is 0 Å². The van der Waals surface area contributed by atoms with Gasteiger partial charge in [-0.25, -0.2) is 9.48 Å². The van der Waals surface area contributed by atoms with Gasteiger partial charge in [0.2, 0.25) is 5.91 Å². The molecule has 2 fully saturated rings. The fourth-order valence-corrected chi connectivity index (χ4v) is 5.01. The number of carboxylic acids is 1. The second-order valence-corrected chi connectivity index (χ2v) is 9.67. The summed E-state index contributed by atoms with van der Waals surface area (Å²) in [6.07, 6.45) is 4.45. The minimum atomic E-state index is -0.950. The van der Waals surface area contributed by atoms with Gasteiger partial charge in [0, 0.05) is 44.2 Å². The second-order valence-electron chi connectivity index (χ2n) is 9.67. The van der Waals surface area contributed by atoms with Gasteiger partial charge in [-0.2, -0.15) is 0 Å². The fraction of sp³-hybridized carbons (Fsp3) is 0.407. The Balaban J connectivity index is 1.13. The van der Waals surface area contributed by atoms with Crippen molar-refractivity contribution in [3.63, 3.8) is 0 Å². The molecule has 1 amide bonds. The number of aromatic nitrogens is 3. The van der Waals surface area contributed by atoms with Crippen molar-refractivity contribution in [1.82, 2.24) is 24.8 Å². The first kappa shape index (κ1) is 23.2. The van der Waals surface area contributed by atoms with Gasteiger partial charge < -0.3 is 10.0 Å². The number of hydrogen-bond acceptors (Lipinski definition) is 5. The van der Waals surface area contributed by atoms with Crippen LogP contribution in [-0.2, 0) is 11.3 Å². The SMILES string of the molecule is Cc1ccccc1CN1CCCN(C(=O)C2CC(n3cc(-c4ccc(C(=O)O)cc4)nn3)C2)CC1. The average molecular weight is 474 g/mol. The summed E-state index contributed by atoms with van der Waals surface area (Å²) in [5.74, 6) is -0.636. The third-order valence-electron chi connectivity index (χ3n) is 7.33. The summed E-state index contributed by atoms with van der Waals surface area (Å²) in [7, 11) is 0. The van der Waals surface area contributed by atoms with Crippen LogP contribution in [-0.4, -0.2) is 68.0 Å². The van der Waals surface area contributed by atoms with Crippen LogP contribution in [0, 0.1) is 12.8 Å². The van der Waals surface area contributed by atoms with Gasteiger partial charge in [-0.15, -0.1) is 5.10 Å². The van der Waals surface area contributed by atoms with E-state index in [9.17, 15) is 9.59 Å². The molecular weight excluding hydrogens is 442 g/mol. The highest BCUT2D eigenvalue weighted by Crippen LogP contribution is 2.39. The predicted octanol–water partition coefficient (Wildman–Crippen LogP) is 3.64. The van der Waals surface area contributed by atoms with Crippen LogP contribution in [0.4, 0.5) is 0 Å². The average Bonchev–Trinajstić information content (AvgIpc) is 3.18. The predicted molar refractivity (Wildman–Crippen MR) is 132 cm³/mol. The van der Waals surface area contributed by atoms with E-state index >= 15 is 0 Å². The molecule has 8 heteroatoms. The Morgan fingerprint density at radius 3 is 2.51 bits per heavy atom. The van der Waals surface area contributed by atoms with E-state index < -0.39 is 5.97 Å². The number of carbonyl (C=O) groups excluding carboxylic acids is 1. The summed E-state index contributed by atoms with van der Waals surface area (Å²) >= 11 is 0. The molecule has 3 aromatic rings. The molecule has 1 saturated carbocycles. The van der Waals surface area contributed by atoms with E-state index in [2.05, 4.69) is 51.3 Å². The molecule has 8 nitrogen and oxygen atoms in total. The molecule has 1 aliphatic heterocycles. The lowest BCUT2D eigenvalue weighted by molar-refractivity contribution is -0.139.